The lowest BCUT2D eigenvalue weighted by molar-refractivity contribution is -0.130. The van der Waals surface area contributed by atoms with E-state index in [-0.39, 0.29) is 34.4 Å². The first-order chi connectivity index (χ1) is 12.3. The number of primary amides is 1. The van der Waals surface area contributed by atoms with E-state index in [1.54, 1.807) is 44.4 Å². The summed E-state index contributed by atoms with van der Waals surface area (Å²) in [5.74, 6) is -1.12. The average Bonchev–Trinajstić information content (AvgIpc) is 2.61. The summed E-state index contributed by atoms with van der Waals surface area (Å²) in [7, 11) is 3.22. The molecule has 0 radical (unpaired) electrons. The van der Waals surface area contributed by atoms with Gasteiger partial charge >= 0.3 is 0 Å². The van der Waals surface area contributed by atoms with Crippen LogP contribution in [-0.2, 0) is 4.79 Å². The molecule has 2 rings (SSSR count). The number of rotatable bonds is 6. The second-order valence-electron chi connectivity index (χ2n) is 5.59. The summed E-state index contributed by atoms with van der Waals surface area (Å²) in [6.45, 7) is -0.190. The van der Waals surface area contributed by atoms with Gasteiger partial charge in [0.15, 0.2) is 6.61 Å². The summed E-state index contributed by atoms with van der Waals surface area (Å²) in [4.78, 5) is 37.0. The molecule has 0 atom stereocenters. The Bertz CT molecular complexity index is 852. The Labute approximate surface area is 155 Å². The second kappa shape index (κ2) is 8.35. The zero-order chi connectivity index (χ0) is 19.3. The summed E-state index contributed by atoms with van der Waals surface area (Å²) in [6, 6.07) is 10.9. The minimum absolute atomic E-state index is 0.102. The fourth-order valence-electron chi connectivity index (χ4n) is 2.04. The number of anilines is 1. The van der Waals surface area contributed by atoms with Gasteiger partial charge in [0.1, 0.15) is 5.75 Å². The molecule has 2 aromatic rings. The van der Waals surface area contributed by atoms with Crippen molar-refractivity contribution in [1.82, 2.24) is 4.90 Å². The van der Waals surface area contributed by atoms with E-state index >= 15 is 0 Å². The summed E-state index contributed by atoms with van der Waals surface area (Å²) in [6.07, 6.45) is 0. The van der Waals surface area contributed by atoms with Crippen LogP contribution < -0.4 is 15.8 Å². The van der Waals surface area contributed by atoms with Crippen LogP contribution in [0.25, 0.3) is 0 Å². The van der Waals surface area contributed by atoms with Crippen LogP contribution in [0.2, 0.25) is 5.02 Å². The molecule has 26 heavy (non-hydrogen) atoms. The van der Waals surface area contributed by atoms with E-state index in [1.165, 1.54) is 17.0 Å². The van der Waals surface area contributed by atoms with Crippen molar-refractivity contribution in [3.05, 3.63) is 58.6 Å². The van der Waals surface area contributed by atoms with Gasteiger partial charge in [-0.2, -0.15) is 0 Å². The molecule has 0 unspecified atom stereocenters. The van der Waals surface area contributed by atoms with Crippen LogP contribution in [0.4, 0.5) is 5.69 Å². The number of carbonyl (C=O) groups is 3. The number of likely N-dealkylation sites (N-methyl/N-ethyl adjacent to an activating group) is 1. The molecule has 7 nitrogen and oxygen atoms in total. The first kappa shape index (κ1) is 19.3. The minimum Gasteiger partial charge on any atom is -0.483 e. The Morgan fingerprint density at radius 3 is 2.46 bits per heavy atom. The molecule has 136 valence electrons. The molecule has 3 N–H and O–H groups in total. The number of amides is 3. The molecule has 0 fully saturated rings. The van der Waals surface area contributed by atoms with Gasteiger partial charge in [-0.15, -0.1) is 0 Å². The van der Waals surface area contributed by atoms with Gasteiger partial charge in [-0.05, 0) is 30.3 Å². The van der Waals surface area contributed by atoms with Crippen molar-refractivity contribution in [2.45, 2.75) is 0 Å². The number of para-hydroxylation sites is 1. The highest BCUT2D eigenvalue weighted by Gasteiger charge is 2.15. The van der Waals surface area contributed by atoms with Crippen molar-refractivity contribution in [1.29, 1.82) is 0 Å². The number of nitrogens with two attached hydrogens (primary N) is 1. The zero-order valence-electron chi connectivity index (χ0n) is 14.3. The number of nitrogens with one attached hydrogen (secondary N) is 1. The number of halogens is 1. The number of hydrogen-bond donors (Lipinski definition) is 2. The fraction of sp³-hybridized carbons (Fsp3) is 0.167. The molecule has 3 amide bonds. The maximum absolute atomic E-state index is 12.5. The molecule has 0 aromatic heterocycles. The molecule has 0 aliphatic heterocycles. The van der Waals surface area contributed by atoms with E-state index in [9.17, 15) is 14.4 Å². The topological polar surface area (TPSA) is 102 Å². The minimum atomic E-state index is -0.697. The van der Waals surface area contributed by atoms with E-state index in [2.05, 4.69) is 5.32 Å². The van der Waals surface area contributed by atoms with Crippen molar-refractivity contribution >= 4 is 35.0 Å². The van der Waals surface area contributed by atoms with Crippen LogP contribution in [0, 0.1) is 0 Å². The number of nitrogens with zero attached hydrogens (tertiary/aromatic N) is 1. The molecular weight excluding hydrogens is 358 g/mol. The van der Waals surface area contributed by atoms with Gasteiger partial charge in [-0.25, -0.2) is 0 Å². The first-order valence-corrected chi connectivity index (χ1v) is 8.00. The maximum atomic E-state index is 12.5. The normalized spacial score (nSPS) is 10.1. The van der Waals surface area contributed by atoms with Crippen LogP contribution in [-0.4, -0.2) is 43.3 Å². The van der Waals surface area contributed by atoms with Crippen LogP contribution in [0.15, 0.2) is 42.5 Å². The lowest BCUT2D eigenvalue weighted by Crippen LogP contribution is -2.28. The van der Waals surface area contributed by atoms with Gasteiger partial charge < -0.3 is 20.7 Å². The highest BCUT2D eigenvalue weighted by atomic mass is 35.5. The molecule has 0 aliphatic carbocycles. The van der Waals surface area contributed by atoms with Gasteiger partial charge in [-0.1, -0.05) is 23.7 Å². The van der Waals surface area contributed by atoms with Gasteiger partial charge in [-0.3, -0.25) is 14.4 Å². The van der Waals surface area contributed by atoms with E-state index in [0.717, 1.165) is 0 Å². The molecule has 0 heterocycles. The lowest BCUT2D eigenvalue weighted by atomic mass is 10.1. The lowest BCUT2D eigenvalue weighted by Gasteiger charge is -2.14. The highest BCUT2D eigenvalue weighted by Crippen LogP contribution is 2.23. The zero-order valence-corrected chi connectivity index (χ0v) is 15.0. The predicted molar refractivity (Wildman–Crippen MR) is 98.6 cm³/mol. The van der Waals surface area contributed by atoms with Gasteiger partial charge in [0.2, 0.25) is 5.91 Å². The van der Waals surface area contributed by atoms with Crippen molar-refractivity contribution in [3.63, 3.8) is 0 Å². The molecular formula is C18H18ClN3O4. The second-order valence-corrected chi connectivity index (χ2v) is 5.99. The number of carbonyl (C=O) groups excluding carboxylic acids is 3. The average molecular weight is 376 g/mol. The smallest absolute Gasteiger partial charge is 0.259 e. The number of hydrogen-bond acceptors (Lipinski definition) is 4. The van der Waals surface area contributed by atoms with Crippen molar-refractivity contribution < 1.29 is 19.1 Å². The van der Waals surface area contributed by atoms with Crippen LogP contribution >= 0.6 is 11.6 Å². The van der Waals surface area contributed by atoms with Crippen LogP contribution in [0.1, 0.15) is 20.7 Å². The standard InChI is InChI=1S/C18H18ClN3O4/c1-22(2)16(23)10-26-15-6-4-3-5-12(15)18(25)21-11-7-8-14(19)13(9-11)17(20)24/h3-9H,10H2,1-2H3,(H2,20,24)(H,21,25). The Morgan fingerprint density at radius 2 is 1.81 bits per heavy atom. The van der Waals surface area contributed by atoms with Crippen LogP contribution in [0.5, 0.6) is 5.75 Å². The Kier molecular flexibility index (Phi) is 6.19. The quantitative estimate of drug-likeness (QED) is 0.807. The van der Waals surface area contributed by atoms with Crippen molar-refractivity contribution in [3.8, 4) is 5.75 Å². The number of ether oxygens (including phenoxy) is 1. The van der Waals surface area contributed by atoms with Gasteiger partial charge in [0, 0.05) is 19.8 Å². The monoisotopic (exact) mass is 375 g/mol. The summed E-state index contributed by atoms with van der Waals surface area (Å²) in [5.41, 5.74) is 5.95. The molecule has 0 aliphatic rings. The van der Waals surface area contributed by atoms with E-state index in [4.69, 9.17) is 22.1 Å². The molecule has 0 spiro atoms. The predicted octanol–water partition coefficient (Wildman–Crippen LogP) is 2.16. The summed E-state index contributed by atoms with van der Waals surface area (Å²) in [5, 5.41) is 2.85. The summed E-state index contributed by atoms with van der Waals surface area (Å²) >= 11 is 5.90. The van der Waals surface area contributed by atoms with Crippen molar-refractivity contribution in [2.75, 3.05) is 26.0 Å². The Balaban J connectivity index is 2.19. The van der Waals surface area contributed by atoms with E-state index in [0.29, 0.717) is 5.69 Å². The molecule has 8 heteroatoms. The highest BCUT2D eigenvalue weighted by molar-refractivity contribution is 6.34. The maximum Gasteiger partial charge on any atom is 0.259 e. The number of benzene rings is 2. The van der Waals surface area contributed by atoms with Crippen LogP contribution in [0.3, 0.4) is 0 Å². The van der Waals surface area contributed by atoms with E-state index < -0.39 is 11.8 Å². The van der Waals surface area contributed by atoms with Gasteiger partial charge in [0.05, 0.1) is 16.1 Å². The SMILES string of the molecule is CN(C)C(=O)COc1ccccc1C(=O)Nc1ccc(Cl)c(C(N)=O)c1. The summed E-state index contributed by atoms with van der Waals surface area (Å²) < 4.78 is 5.45. The van der Waals surface area contributed by atoms with Crippen molar-refractivity contribution in [2.24, 2.45) is 5.73 Å². The first-order valence-electron chi connectivity index (χ1n) is 7.62. The Hall–Kier alpha value is -3.06. The molecule has 0 saturated heterocycles. The third-order valence-corrected chi connectivity index (χ3v) is 3.80. The largest absolute Gasteiger partial charge is 0.483 e. The van der Waals surface area contributed by atoms with E-state index in [1.807, 2.05) is 0 Å². The third-order valence-electron chi connectivity index (χ3n) is 3.47. The molecule has 2 aromatic carbocycles. The Morgan fingerprint density at radius 1 is 1.12 bits per heavy atom. The molecule has 0 bridgehead atoms. The fourth-order valence-corrected chi connectivity index (χ4v) is 2.25. The third kappa shape index (κ3) is 4.73. The molecule has 0 saturated carbocycles. The van der Waals surface area contributed by atoms with Gasteiger partial charge in [0.25, 0.3) is 11.8 Å².